The van der Waals surface area contributed by atoms with Crippen molar-refractivity contribution in [3.05, 3.63) is 19.2 Å². The second-order valence-corrected chi connectivity index (χ2v) is 10.8. The SMILES string of the molecule is CNC(c1cc(Br)sc1Br)C1CCC(C(C)(C)C)CC1. The van der Waals surface area contributed by atoms with Crippen molar-refractivity contribution in [2.75, 3.05) is 7.05 Å². The molecule has 1 N–H and O–H groups in total. The van der Waals surface area contributed by atoms with Crippen LogP contribution < -0.4 is 5.32 Å². The Balaban J connectivity index is 2.06. The second kappa shape index (κ2) is 6.80. The molecule has 4 heteroatoms. The van der Waals surface area contributed by atoms with Gasteiger partial charge >= 0.3 is 0 Å². The largest absolute Gasteiger partial charge is 0.313 e. The van der Waals surface area contributed by atoms with Crippen LogP contribution in [0, 0.1) is 17.3 Å². The molecule has 0 bridgehead atoms. The molecular formula is C16H25Br2NS. The van der Waals surface area contributed by atoms with Gasteiger partial charge in [0.1, 0.15) is 0 Å². The fourth-order valence-electron chi connectivity index (χ4n) is 3.53. The van der Waals surface area contributed by atoms with Crippen LogP contribution in [-0.4, -0.2) is 7.05 Å². The Labute approximate surface area is 144 Å². The maximum atomic E-state index is 3.72. The van der Waals surface area contributed by atoms with Crippen molar-refractivity contribution in [3.8, 4) is 0 Å². The molecular weight excluding hydrogens is 398 g/mol. The van der Waals surface area contributed by atoms with E-state index in [4.69, 9.17) is 0 Å². The van der Waals surface area contributed by atoms with Crippen molar-refractivity contribution in [3.63, 3.8) is 0 Å². The fraction of sp³-hybridized carbons (Fsp3) is 0.750. The summed E-state index contributed by atoms with van der Waals surface area (Å²) in [5.74, 6) is 1.64. The predicted octanol–water partition coefficient (Wildman–Crippen LogP) is 6.39. The van der Waals surface area contributed by atoms with E-state index in [-0.39, 0.29) is 0 Å². The molecule has 20 heavy (non-hydrogen) atoms. The zero-order valence-corrected chi connectivity index (χ0v) is 16.8. The van der Waals surface area contributed by atoms with Gasteiger partial charge in [-0.2, -0.15) is 0 Å². The number of rotatable bonds is 3. The number of hydrogen-bond acceptors (Lipinski definition) is 2. The van der Waals surface area contributed by atoms with Crippen molar-refractivity contribution >= 4 is 43.2 Å². The maximum Gasteiger partial charge on any atom is 0.0758 e. The molecule has 1 fully saturated rings. The first-order valence-electron chi connectivity index (χ1n) is 7.45. The minimum atomic E-state index is 0.464. The molecule has 0 amide bonds. The van der Waals surface area contributed by atoms with Gasteiger partial charge in [-0.05, 0) is 93.5 Å². The third kappa shape index (κ3) is 3.88. The summed E-state index contributed by atoms with van der Waals surface area (Å²) < 4.78 is 2.48. The van der Waals surface area contributed by atoms with Gasteiger partial charge in [0.15, 0.2) is 0 Å². The van der Waals surface area contributed by atoms with Crippen LogP contribution in [0.3, 0.4) is 0 Å². The van der Waals surface area contributed by atoms with E-state index in [2.05, 4.69) is 71.1 Å². The van der Waals surface area contributed by atoms with Gasteiger partial charge < -0.3 is 5.32 Å². The lowest BCUT2D eigenvalue weighted by molar-refractivity contribution is 0.134. The first-order valence-corrected chi connectivity index (χ1v) is 9.85. The number of thiophene rings is 1. The molecule has 0 aromatic carbocycles. The van der Waals surface area contributed by atoms with E-state index in [1.807, 2.05) is 0 Å². The van der Waals surface area contributed by atoms with Crippen molar-refractivity contribution in [1.82, 2.24) is 5.32 Å². The lowest BCUT2D eigenvalue weighted by atomic mass is 9.68. The quantitative estimate of drug-likeness (QED) is 0.595. The van der Waals surface area contributed by atoms with Gasteiger partial charge in [0.2, 0.25) is 0 Å². The van der Waals surface area contributed by atoms with Gasteiger partial charge in [-0.3, -0.25) is 0 Å². The van der Waals surface area contributed by atoms with Gasteiger partial charge in [0.05, 0.1) is 7.57 Å². The zero-order chi connectivity index (χ0) is 14.9. The number of halogens is 2. The lowest BCUT2D eigenvalue weighted by Gasteiger charge is -2.39. The Morgan fingerprint density at radius 3 is 2.20 bits per heavy atom. The van der Waals surface area contributed by atoms with E-state index in [1.54, 1.807) is 11.3 Å². The molecule has 2 rings (SSSR count). The molecule has 1 heterocycles. The molecule has 1 nitrogen and oxygen atoms in total. The van der Waals surface area contributed by atoms with Crippen molar-refractivity contribution in [1.29, 1.82) is 0 Å². The van der Waals surface area contributed by atoms with E-state index in [0.29, 0.717) is 11.5 Å². The zero-order valence-electron chi connectivity index (χ0n) is 12.8. The van der Waals surface area contributed by atoms with E-state index in [1.165, 1.54) is 38.8 Å². The smallest absolute Gasteiger partial charge is 0.0758 e. The summed E-state index contributed by atoms with van der Waals surface area (Å²) in [5, 5.41) is 3.55. The molecule has 1 aliphatic rings. The summed E-state index contributed by atoms with van der Waals surface area (Å²) in [6.45, 7) is 7.17. The van der Waals surface area contributed by atoms with Crippen LogP contribution in [0.5, 0.6) is 0 Å². The molecule has 1 aliphatic carbocycles. The van der Waals surface area contributed by atoms with Crippen LogP contribution in [0.25, 0.3) is 0 Å². The normalized spacial score (nSPS) is 25.7. The highest BCUT2D eigenvalue weighted by Crippen LogP contribution is 2.46. The average Bonchev–Trinajstić information content (AvgIpc) is 2.69. The van der Waals surface area contributed by atoms with Gasteiger partial charge in [0, 0.05) is 6.04 Å². The van der Waals surface area contributed by atoms with E-state index >= 15 is 0 Å². The highest BCUT2D eigenvalue weighted by molar-refractivity contribution is 9.12. The molecule has 0 saturated heterocycles. The summed E-state index contributed by atoms with van der Waals surface area (Å²) >= 11 is 9.09. The predicted molar refractivity (Wildman–Crippen MR) is 96.4 cm³/mol. The highest BCUT2D eigenvalue weighted by Gasteiger charge is 2.33. The van der Waals surface area contributed by atoms with Crippen LogP contribution in [0.4, 0.5) is 0 Å². The Hall–Kier alpha value is 0.620. The monoisotopic (exact) mass is 421 g/mol. The van der Waals surface area contributed by atoms with Gasteiger partial charge in [-0.15, -0.1) is 11.3 Å². The molecule has 114 valence electrons. The molecule has 0 radical (unpaired) electrons. The number of nitrogens with one attached hydrogen (secondary N) is 1. The maximum absolute atomic E-state index is 3.72. The Bertz CT molecular complexity index is 442. The molecule has 1 saturated carbocycles. The van der Waals surface area contributed by atoms with Crippen molar-refractivity contribution < 1.29 is 0 Å². The van der Waals surface area contributed by atoms with Crippen molar-refractivity contribution in [2.24, 2.45) is 17.3 Å². The lowest BCUT2D eigenvalue weighted by Crippen LogP contribution is -2.32. The summed E-state index contributed by atoms with van der Waals surface area (Å²) in [6, 6.07) is 2.75. The third-order valence-electron chi connectivity index (χ3n) is 4.80. The average molecular weight is 423 g/mol. The standard InChI is InChI=1S/C16H25Br2NS/c1-16(2,3)11-7-5-10(6-8-11)14(19-4)12-9-13(17)20-15(12)18/h9-11,14,19H,5-8H2,1-4H3. The number of hydrogen-bond donors (Lipinski definition) is 1. The first kappa shape index (κ1) is 17.0. The van der Waals surface area contributed by atoms with E-state index in [0.717, 1.165) is 11.8 Å². The summed E-state index contributed by atoms with van der Waals surface area (Å²) in [7, 11) is 2.10. The van der Waals surface area contributed by atoms with Crippen LogP contribution >= 0.6 is 43.2 Å². The molecule has 1 aromatic heterocycles. The molecule has 0 aliphatic heterocycles. The Morgan fingerprint density at radius 1 is 1.20 bits per heavy atom. The molecule has 1 unspecified atom stereocenters. The second-order valence-electron chi connectivity index (χ2n) is 7.02. The Morgan fingerprint density at radius 2 is 1.80 bits per heavy atom. The van der Waals surface area contributed by atoms with Crippen LogP contribution in [0.2, 0.25) is 0 Å². The summed E-state index contributed by atoms with van der Waals surface area (Å²) in [5.41, 5.74) is 1.88. The fourth-order valence-corrected chi connectivity index (χ4v) is 6.46. The minimum absolute atomic E-state index is 0.464. The highest BCUT2D eigenvalue weighted by atomic mass is 79.9. The van der Waals surface area contributed by atoms with Gasteiger partial charge in [0.25, 0.3) is 0 Å². The van der Waals surface area contributed by atoms with Crippen LogP contribution in [0.1, 0.15) is 58.1 Å². The van der Waals surface area contributed by atoms with Gasteiger partial charge in [-0.25, -0.2) is 0 Å². The third-order valence-corrected chi connectivity index (χ3v) is 7.18. The molecule has 1 aromatic rings. The molecule has 1 atom stereocenters. The van der Waals surface area contributed by atoms with E-state index in [9.17, 15) is 0 Å². The Kier molecular flexibility index (Phi) is 5.78. The summed E-state index contributed by atoms with van der Waals surface area (Å²) in [6.07, 6.45) is 5.42. The van der Waals surface area contributed by atoms with Gasteiger partial charge in [-0.1, -0.05) is 20.8 Å². The summed E-state index contributed by atoms with van der Waals surface area (Å²) in [4.78, 5) is 0. The first-order chi connectivity index (χ1) is 9.32. The molecule has 0 spiro atoms. The van der Waals surface area contributed by atoms with E-state index < -0.39 is 0 Å². The van der Waals surface area contributed by atoms with Crippen LogP contribution in [0.15, 0.2) is 13.6 Å². The van der Waals surface area contributed by atoms with Crippen molar-refractivity contribution in [2.45, 2.75) is 52.5 Å². The topological polar surface area (TPSA) is 12.0 Å². The van der Waals surface area contributed by atoms with Crippen LogP contribution in [-0.2, 0) is 0 Å². The minimum Gasteiger partial charge on any atom is -0.313 e.